The zero-order chi connectivity index (χ0) is 13.3. The van der Waals surface area contributed by atoms with E-state index in [4.69, 9.17) is 5.73 Å². The van der Waals surface area contributed by atoms with E-state index in [0.29, 0.717) is 6.54 Å². The van der Waals surface area contributed by atoms with Gasteiger partial charge in [0.25, 0.3) is 0 Å². The van der Waals surface area contributed by atoms with Crippen LogP contribution >= 0.6 is 0 Å². The Labute approximate surface area is 105 Å². The number of amides is 1. The van der Waals surface area contributed by atoms with Crippen LogP contribution in [0.15, 0.2) is 0 Å². The van der Waals surface area contributed by atoms with Gasteiger partial charge in [0.1, 0.15) is 0 Å². The van der Waals surface area contributed by atoms with Crippen molar-refractivity contribution in [1.29, 1.82) is 0 Å². The van der Waals surface area contributed by atoms with Crippen molar-refractivity contribution in [3.05, 3.63) is 0 Å². The van der Waals surface area contributed by atoms with E-state index in [1.165, 1.54) is 0 Å². The molecular weight excluding hydrogens is 214 g/mol. The molecule has 100 valence electrons. The van der Waals surface area contributed by atoms with Crippen LogP contribution in [0.3, 0.4) is 0 Å². The molecule has 0 aliphatic carbocycles. The molecule has 2 N–H and O–H groups in total. The third-order valence-corrected chi connectivity index (χ3v) is 3.98. The predicted molar refractivity (Wildman–Crippen MR) is 70.7 cm³/mol. The molecule has 1 amide bonds. The summed E-state index contributed by atoms with van der Waals surface area (Å²) in [5, 5.41) is 0. The van der Waals surface area contributed by atoms with Crippen LogP contribution in [0.25, 0.3) is 0 Å². The Hall–Kier alpha value is -0.610. The van der Waals surface area contributed by atoms with E-state index >= 15 is 0 Å². The molecule has 0 bridgehead atoms. The Kier molecular flexibility index (Phi) is 4.20. The summed E-state index contributed by atoms with van der Waals surface area (Å²) in [6.07, 6.45) is 1.03. The van der Waals surface area contributed by atoms with Gasteiger partial charge in [-0.2, -0.15) is 0 Å². The van der Waals surface area contributed by atoms with Gasteiger partial charge >= 0.3 is 0 Å². The maximum atomic E-state index is 12.1. The third kappa shape index (κ3) is 3.19. The highest BCUT2D eigenvalue weighted by Crippen LogP contribution is 2.25. The number of piperazine rings is 1. The summed E-state index contributed by atoms with van der Waals surface area (Å²) in [6, 6.07) is 0. The first kappa shape index (κ1) is 14.5. The summed E-state index contributed by atoms with van der Waals surface area (Å²) >= 11 is 0. The fraction of sp³-hybridized carbons (Fsp3) is 0.923. The minimum absolute atomic E-state index is 0.155. The lowest BCUT2D eigenvalue weighted by Crippen LogP contribution is -2.62. The maximum absolute atomic E-state index is 12.1. The van der Waals surface area contributed by atoms with Crippen molar-refractivity contribution in [3.63, 3.8) is 0 Å². The molecule has 0 spiro atoms. The molecular formula is C13H27N3O. The molecule has 4 nitrogen and oxygen atoms in total. The van der Waals surface area contributed by atoms with Crippen molar-refractivity contribution in [1.82, 2.24) is 9.80 Å². The van der Waals surface area contributed by atoms with Crippen molar-refractivity contribution in [3.8, 4) is 0 Å². The molecule has 0 aromatic rings. The van der Waals surface area contributed by atoms with E-state index in [2.05, 4.69) is 18.7 Å². The summed E-state index contributed by atoms with van der Waals surface area (Å²) in [5.41, 5.74) is 5.52. The molecule has 0 radical (unpaired) electrons. The molecule has 4 heteroatoms. The molecule has 1 fully saturated rings. The van der Waals surface area contributed by atoms with Gasteiger partial charge in [0.15, 0.2) is 0 Å². The molecule has 0 saturated carbocycles. The molecule has 0 aromatic heterocycles. The largest absolute Gasteiger partial charge is 0.343 e. The highest BCUT2D eigenvalue weighted by atomic mass is 16.2. The lowest BCUT2D eigenvalue weighted by molar-refractivity contribution is -0.147. The van der Waals surface area contributed by atoms with Crippen LogP contribution in [-0.2, 0) is 4.79 Å². The Morgan fingerprint density at radius 2 is 1.94 bits per heavy atom. The van der Waals surface area contributed by atoms with Gasteiger partial charge in [-0.05, 0) is 38.8 Å². The second kappa shape index (κ2) is 4.94. The molecule has 17 heavy (non-hydrogen) atoms. The van der Waals surface area contributed by atoms with Crippen LogP contribution < -0.4 is 5.73 Å². The van der Waals surface area contributed by atoms with E-state index in [9.17, 15) is 4.79 Å². The lowest BCUT2D eigenvalue weighted by Gasteiger charge is -2.45. The van der Waals surface area contributed by atoms with Crippen LogP contribution in [0, 0.1) is 5.41 Å². The number of rotatable bonds is 4. The number of hydrogen-bond acceptors (Lipinski definition) is 3. The number of carbonyl (C=O) groups is 1. The molecule has 1 aliphatic heterocycles. The van der Waals surface area contributed by atoms with Crippen LogP contribution in [0.5, 0.6) is 0 Å². The van der Waals surface area contributed by atoms with Gasteiger partial charge in [0, 0.05) is 20.1 Å². The predicted octanol–water partition coefficient (Wildman–Crippen LogP) is 0.914. The molecule has 0 unspecified atom stereocenters. The average molecular weight is 241 g/mol. The summed E-state index contributed by atoms with van der Waals surface area (Å²) < 4.78 is 0. The Bertz CT molecular complexity index is 286. The fourth-order valence-electron chi connectivity index (χ4n) is 2.19. The van der Waals surface area contributed by atoms with Gasteiger partial charge in [-0.3, -0.25) is 9.69 Å². The Morgan fingerprint density at radius 3 is 2.47 bits per heavy atom. The first-order valence-electron chi connectivity index (χ1n) is 6.41. The number of nitrogens with two attached hydrogens (primary N) is 1. The molecule has 1 aliphatic rings. The second-order valence-corrected chi connectivity index (χ2v) is 6.39. The number of likely N-dealkylation sites (N-methyl/N-ethyl adjacent to an activating group) is 1. The minimum atomic E-state index is -0.377. The standard InChI is InChI=1S/C13H27N3O/c1-12(2,10-14)6-7-16-9-8-15(5)11(17)13(16,3)4/h6-10,14H2,1-5H3. The second-order valence-electron chi connectivity index (χ2n) is 6.39. The van der Waals surface area contributed by atoms with Gasteiger partial charge in [0.05, 0.1) is 5.54 Å². The summed E-state index contributed by atoms with van der Waals surface area (Å²) in [6.45, 7) is 11.8. The Balaban J connectivity index is 2.63. The number of hydrogen-bond donors (Lipinski definition) is 1. The van der Waals surface area contributed by atoms with E-state index in [1.807, 2.05) is 25.8 Å². The monoisotopic (exact) mass is 241 g/mol. The van der Waals surface area contributed by atoms with Gasteiger partial charge in [-0.15, -0.1) is 0 Å². The number of carbonyl (C=O) groups excluding carboxylic acids is 1. The van der Waals surface area contributed by atoms with Gasteiger partial charge in [-0.1, -0.05) is 13.8 Å². The van der Waals surface area contributed by atoms with E-state index < -0.39 is 0 Å². The third-order valence-electron chi connectivity index (χ3n) is 3.98. The topological polar surface area (TPSA) is 49.6 Å². The first-order chi connectivity index (χ1) is 7.70. The minimum Gasteiger partial charge on any atom is -0.343 e. The summed E-state index contributed by atoms with van der Waals surface area (Å²) in [5.74, 6) is 0.217. The van der Waals surface area contributed by atoms with Gasteiger partial charge in [0.2, 0.25) is 5.91 Å². The van der Waals surface area contributed by atoms with E-state index in [1.54, 1.807) is 0 Å². The van der Waals surface area contributed by atoms with Crippen molar-refractivity contribution in [2.24, 2.45) is 11.1 Å². The lowest BCUT2D eigenvalue weighted by atomic mass is 9.88. The first-order valence-corrected chi connectivity index (χ1v) is 6.41. The summed E-state index contributed by atoms with van der Waals surface area (Å²) in [7, 11) is 1.88. The normalized spacial score (nSPS) is 22.0. The SMILES string of the molecule is CN1CCN(CCC(C)(C)CN)C(C)(C)C1=O. The molecule has 0 atom stereocenters. The van der Waals surface area contributed by atoms with E-state index in [-0.39, 0.29) is 16.9 Å². The highest BCUT2D eigenvalue weighted by Gasteiger charge is 2.40. The van der Waals surface area contributed by atoms with Crippen LogP contribution in [0.4, 0.5) is 0 Å². The molecule has 1 heterocycles. The van der Waals surface area contributed by atoms with Crippen LogP contribution in [0.1, 0.15) is 34.1 Å². The van der Waals surface area contributed by atoms with Crippen LogP contribution in [0.2, 0.25) is 0 Å². The average Bonchev–Trinajstić information content (AvgIpc) is 2.25. The van der Waals surface area contributed by atoms with Crippen molar-refractivity contribution >= 4 is 5.91 Å². The molecule has 0 aromatic carbocycles. The van der Waals surface area contributed by atoms with Crippen molar-refractivity contribution < 1.29 is 4.79 Å². The zero-order valence-electron chi connectivity index (χ0n) is 11.9. The fourth-order valence-corrected chi connectivity index (χ4v) is 2.19. The summed E-state index contributed by atoms with van der Waals surface area (Å²) in [4.78, 5) is 16.2. The molecule has 1 saturated heterocycles. The van der Waals surface area contributed by atoms with Crippen LogP contribution in [-0.4, -0.2) is 54.5 Å². The van der Waals surface area contributed by atoms with Crippen molar-refractivity contribution in [2.45, 2.75) is 39.7 Å². The van der Waals surface area contributed by atoms with Gasteiger partial charge in [-0.25, -0.2) is 0 Å². The Morgan fingerprint density at radius 1 is 1.35 bits per heavy atom. The highest BCUT2D eigenvalue weighted by molar-refractivity contribution is 5.86. The zero-order valence-corrected chi connectivity index (χ0v) is 11.9. The van der Waals surface area contributed by atoms with Crippen molar-refractivity contribution in [2.75, 3.05) is 33.2 Å². The number of nitrogens with zero attached hydrogens (tertiary/aromatic N) is 2. The van der Waals surface area contributed by atoms with Gasteiger partial charge < -0.3 is 10.6 Å². The maximum Gasteiger partial charge on any atom is 0.242 e. The quantitative estimate of drug-likeness (QED) is 0.796. The smallest absolute Gasteiger partial charge is 0.242 e. The van der Waals surface area contributed by atoms with E-state index in [0.717, 1.165) is 26.1 Å². The molecule has 1 rings (SSSR count).